The molecule has 6 heteroatoms. The molecular formula is C12H15N3O2S. The van der Waals surface area contributed by atoms with Crippen LogP contribution in [-0.4, -0.2) is 40.7 Å². The molecule has 2 amide bonds. The molecule has 0 saturated heterocycles. The van der Waals surface area contributed by atoms with Gasteiger partial charge in [-0.1, -0.05) is 23.5 Å². The number of thiazole rings is 1. The molecule has 0 saturated carbocycles. The Kier molecular flexibility index (Phi) is 3.78. The van der Waals surface area contributed by atoms with Crippen LogP contribution in [0.25, 0.3) is 10.2 Å². The number of aromatic nitrogens is 1. The minimum atomic E-state index is -0.268. The molecule has 1 unspecified atom stereocenters. The number of benzene rings is 1. The van der Waals surface area contributed by atoms with Gasteiger partial charge in [0.25, 0.3) is 0 Å². The molecule has 18 heavy (non-hydrogen) atoms. The van der Waals surface area contributed by atoms with E-state index in [-0.39, 0.29) is 18.7 Å². The Balaban J connectivity index is 2.11. The number of aliphatic hydroxyl groups excluding tert-OH is 1. The van der Waals surface area contributed by atoms with Gasteiger partial charge in [0.15, 0.2) is 5.13 Å². The van der Waals surface area contributed by atoms with Crippen LogP contribution in [0.2, 0.25) is 0 Å². The zero-order chi connectivity index (χ0) is 13.1. The number of urea groups is 1. The molecule has 1 aromatic carbocycles. The third-order valence-electron chi connectivity index (χ3n) is 2.75. The predicted molar refractivity (Wildman–Crippen MR) is 72.9 cm³/mol. The average molecular weight is 265 g/mol. The van der Waals surface area contributed by atoms with Crippen LogP contribution >= 0.6 is 11.3 Å². The molecule has 0 radical (unpaired) electrons. The number of hydrogen-bond acceptors (Lipinski definition) is 4. The van der Waals surface area contributed by atoms with Crippen molar-refractivity contribution in [2.75, 3.05) is 19.0 Å². The van der Waals surface area contributed by atoms with Gasteiger partial charge in [-0.05, 0) is 19.1 Å². The number of fused-ring (bicyclic) bond motifs is 1. The van der Waals surface area contributed by atoms with Crippen molar-refractivity contribution in [3.05, 3.63) is 24.3 Å². The number of carbonyl (C=O) groups excluding carboxylic acids is 1. The van der Waals surface area contributed by atoms with Gasteiger partial charge in [0, 0.05) is 7.05 Å². The zero-order valence-electron chi connectivity index (χ0n) is 10.3. The molecule has 96 valence electrons. The van der Waals surface area contributed by atoms with Gasteiger partial charge in [0.2, 0.25) is 0 Å². The molecule has 2 N–H and O–H groups in total. The van der Waals surface area contributed by atoms with Crippen molar-refractivity contribution in [1.82, 2.24) is 9.88 Å². The maximum absolute atomic E-state index is 11.9. The van der Waals surface area contributed by atoms with E-state index < -0.39 is 0 Å². The van der Waals surface area contributed by atoms with Crippen LogP contribution in [0.1, 0.15) is 6.92 Å². The first-order valence-corrected chi connectivity index (χ1v) is 6.43. The Bertz CT molecular complexity index is 522. The molecule has 2 aromatic rings. The van der Waals surface area contributed by atoms with E-state index in [1.165, 1.54) is 16.2 Å². The second-order valence-corrected chi connectivity index (χ2v) is 5.09. The molecule has 0 aliphatic carbocycles. The minimum absolute atomic E-state index is 0.0657. The van der Waals surface area contributed by atoms with Crippen LogP contribution < -0.4 is 5.32 Å². The van der Waals surface area contributed by atoms with Crippen molar-refractivity contribution in [1.29, 1.82) is 0 Å². The van der Waals surface area contributed by atoms with Crippen molar-refractivity contribution < 1.29 is 9.90 Å². The first-order valence-electron chi connectivity index (χ1n) is 5.62. The molecule has 0 spiro atoms. The minimum Gasteiger partial charge on any atom is -0.394 e. The number of amides is 2. The second kappa shape index (κ2) is 5.32. The summed E-state index contributed by atoms with van der Waals surface area (Å²) in [5.74, 6) is 0. The fourth-order valence-corrected chi connectivity index (χ4v) is 2.28. The average Bonchev–Trinajstić information content (AvgIpc) is 2.78. The molecule has 0 aliphatic rings. The Hall–Kier alpha value is -1.66. The van der Waals surface area contributed by atoms with E-state index in [2.05, 4.69) is 10.3 Å². The number of nitrogens with zero attached hydrogens (tertiary/aromatic N) is 2. The number of nitrogens with one attached hydrogen (secondary N) is 1. The van der Waals surface area contributed by atoms with Crippen molar-refractivity contribution in [2.45, 2.75) is 13.0 Å². The van der Waals surface area contributed by atoms with Gasteiger partial charge in [-0.3, -0.25) is 5.32 Å². The predicted octanol–water partition coefficient (Wildman–Crippen LogP) is 2.14. The summed E-state index contributed by atoms with van der Waals surface area (Å²) >= 11 is 1.43. The highest BCUT2D eigenvalue weighted by Gasteiger charge is 2.16. The number of para-hydroxylation sites is 1. The molecule has 0 bridgehead atoms. The Morgan fingerprint density at radius 3 is 2.94 bits per heavy atom. The lowest BCUT2D eigenvalue weighted by atomic mass is 10.3. The molecule has 5 nitrogen and oxygen atoms in total. The summed E-state index contributed by atoms with van der Waals surface area (Å²) in [6.45, 7) is 1.71. The fourth-order valence-electron chi connectivity index (χ4n) is 1.43. The highest BCUT2D eigenvalue weighted by molar-refractivity contribution is 7.22. The highest BCUT2D eigenvalue weighted by atomic mass is 32.1. The van der Waals surface area contributed by atoms with Crippen LogP contribution in [0.5, 0.6) is 0 Å². The van der Waals surface area contributed by atoms with Gasteiger partial charge in [-0.25, -0.2) is 9.78 Å². The van der Waals surface area contributed by atoms with Crippen molar-refractivity contribution in [3.63, 3.8) is 0 Å². The second-order valence-electron chi connectivity index (χ2n) is 4.06. The van der Waals surface area contributed by atoms with E-state index >= 15 is 0 Å². The number of likely N-dealkylation sites (N-methyl/N-ethyl adjacent to an activating group) is 1. The summed E-state index contributed by atoms with van der Waals surface area (Å²) in [5, 5.41) is 12.3. The monoisotopic (exact) mass is 265 g/mol. The van der Waals surface area contributed by atoms with Gasteiger partial charge >= 0.3 is 6.03 Å². The Morgan fingerprint density at radius 2 is 2.28 bits per heavy atom. The lowest BCUT2D eigenvalue weighted by Gasteiger charge is -2.22. The quantitative estimate of drug-likeness (QED) is 0.893. The third kappa shape index (κ3) is 2.60. The molecule has 1 aromatic heterocycles. The Morgan fingerprint density at radius 1 is 1.56 bits per heavy atom. The lowest BCUT2D eigenvalue weighted by molar-refractivity contribution is 0.166. The van der Waals surface area contributed by atoms with Crippen LogP contribution in [0.4, 0.5) is 9.93 Å². The van der Waals surface area contributed by atoms with Crippen LogP contribution in [0.15, 0.2) is 24.3 Å². The maximum atomic E-state index is 11.9. The summed E-state index contributed by atoms with van der Waals surface area (Å²) in [6.07, 6.45) is 0. The summed E-state index contributed by atoms with van der Waals surface area (Å²) in [4.78, 5) is 17.6. The summed E-state index contributed by atoms with van der Waals surface area (Å²) in [7, 11) is 1.64. The number of rotatable bonds is 3. The van der Waals surface area contributed by atoms with Crippen LogP contribution in [0, 0.1) is 0 Å². The van der Waals surface area contributed by atoms with E-state index in [9.17, 15) is 4.79 Å². The Labute approximate surface area is 109 Å². The summed E-state index contributed by atoms with van der Waals surface area (Å²) < 4.78 is 1.03. The van der Waals surface area contributed by atoms with Crippen LogP contribution in [0.3, 0.4) is 0 Å². The van der Waals surface area contributed by atoms with E-state index in [0.717, 1.165) is 10.2 Å². The van der Waals surface area contributed by atoms with Crippen molar-refractivity contribution in [2.24, 2.45) is 0 Å². The standard InChI is InChI=1S/C12H15N3O2S/c1-8(7-16)15(2)12(17)14-11-13-9-5-3-4-6-10(9)18-11/h3-6,8,16H,7H2,1-2H3,(H,13,14,17). The van der Waals surface area contributed by atoms with Gasteiger partial charge < -0.3 is 10.0 Å². The number of hydrogen-bond donors (Lipinski definition) is 2. The highest BCUT2D eigenvalue weighted by Crippen LogP contribution is 2.25. The topological polar surface area (TPSA) is 65.5 Å². The molecule has 2 rings (SSSR count). The van der Waals surface area contributed by atoms with E-state index in [1.54, 1.807) is 14.0 Å². The number of aliphatic hydroxyl groups is 1. The van der Waals surface area contributed by atoms with Gasteiger partial charge in [-0.2, -0.15) is 0 Å². The zero-order valence-corrected chi connectivity index (χ0v) is 11.1. The molecule has 1 atom stereocenters. The number of anilines is 1. The van der Waals surface area contributed by atoms with Gasteiger partial charge in [0.05, 0.1) is 22.9 Å². The summed E-state index contributed by atoms with van der Waals surface area (Å²) in [6, 6.07) is 7.22. The molecule has 0 aliphatic heterocycles. The molecule has 0 fully saturated rings. The van der Waals surface area contributed by atoms with Crippen molar-refractivity contribution in [3.8, 4) is 0 Å². The number of carbonyl (C=O) groups is 1. The van der Waals surface area contributed by atoms with Gasteiger partial charge in [-0.15, -0.1) is 0 Å². The lowest BCUT2D eigenvalue weighted by Crippen LogP contribution is -2.40. The first-order chi connectivity index (χ1) is 8.61. The van der Waals surface area contributed by atoms with Gasteiger partial charge in [0.1, 0.15) is 0 Å². The van der Waals surface area contributed by atoms with Crippen LogP contribution in [-0.2, 0) is 0 Å². The summed E-state index contributed by atoms with van der Waals surface area (Å²) in [5.41, 5.74) is 0.871. The van der Waals surface area contributed by atoms with E-state index in [4.69, 9.17) is 5.11 Å². The SMILES string of the molecule is CC(CO)N(C)C(=O)Nc1nc2ccccc2s1. The van der Waals surface area contributed by atoms with Crippen molar-refractivity contribution >= 4 is 32.7 Å². The van der Waals surface area contributed by atoms with E-state index in [1.807, 2.05) is 24.3 Å². The largest absolute Gasteiger partial charge is 0.394 e. The maximum Gasteiger partial charge on any atom is 0.323 e. The fraction of sp³-hybridized carbons (Fsp3) is 0.333. The van der Waals surface area contributed by atoms with E-state index in [0.29, 0.717) is 5.13 Å². The normalized spacial score (nSPS) is 12.4. The molecule has 1 heterocycles. The first kappa shape index (κ1) is 12.8. The molecular weight excluding hydrogens is 250 g/mol. The third-order valence-corrected chi connectivity index (χ3v) is 3.71. The smallest absolute Gasteiger partial charge is 0.323 e.